The lowest BCUT2D eigenvalue weighted by atomic mass is 9.98. The van der Waals surface area contributed by atoms with Gasteiger partial charge in [-0.1, -0.05) is 0 Å². The van der Waals surface area contributed by atoms with E-state index in [1.165, 1.54) is 0 Å². The van der Waals surface area contributed by atoms with Crippen LogP contribution in [0.1, 0.15) is 33.1 Å². The Morgan fingerprint density at radius 1 is 1.43 bits per heavy atom. The van der Waals surface area contributed by atoms with Gasteiger partial charge in [0.2, 0.25) is 0 Å². The van der Waals surface area contributed by atoms with Crippen LogP contribution in [0.5, 0.6) is 0 Å². The van der Waals surface area contributed by atoms with Crippen molar-refractivity contribution in [3.8, 4) is 0 Å². The Kier molecular flexibility index (Phi) is 2.40. The fourth-order valence-electron chi connectivity index (χ4n) is 2.14. The van der Waals surface area contributed by atoms with Crippen LogP contribution in [0.15, 0.2) is 0 Å². The number of carbonyl (C=O) groups is 1. The van der Waals surface area contributed by atoms with Gasteiger partial charge in [-0.25, -0.2) is 0 Å². The van der Waals surface area contributed by atoms with Crippen molar-refractivity contribution in [1.29, 1.82) is 0 Å². The maximum absolute atomic E-state index is 11.6. The molecule has 0 radical (unpaired) electrons. The molecule has 1 atom stereocenters. The van der Waals surface area contributed by atoms with Gasteiger partial charge in [-0.3, -0.25) is 9.69 Å². The SMILES string of the molecule is CC1(C)C(O)CCN1CC(=O)C1CC1. The summed E-state index contributed by atoms with van der Waals surface area (Å²) in [5.74, 6) is 0.704. The molecule has 1 saturated heterocycles. The summed E-state index contributed by atoms with van der Waals surface area (Å²) in [7, 11) is 0. The molecule has 1 heterocycles. The number of hydrogen-bond acceptors (Lipinski definition) is 3. The third-order valence-electron chi connectivity index (χ3n) is 3.68. The van der Waals surface area contributed by atoms with Crippen molar-refractivity contribution in [3.05, 3.63) is 0 Å². The molecular formula is C11H19NO2. The maximum Gasteiger partial charge on any atom is 0.149 e. The smallest absolute Gasteiger partial charge is 0.149 e. The molecule has 2 aliphatic rings. The highest BCUT2D eigenvalue weighted by molar-refractivity contribution is 5.85. The Hall–Kier alpha value is -0.410. The van der Waals surface area contributed by atoms with E-state index in [0.29, 0.717) is 18.2 Å². The fraction of sp³-hybridized carbons (Fsp3) is 0.909. The van der Waals surface area contributed by atoms with Crippen LogP contribution in [0, 0.1) is 5.92 Å². The first kappa shape index (κ1) is 10.1. The molecule has 1 aliphatic carbocycles. The molecule has 0 aromatic heterocycles. The van der Waals surface area contributed by atoms with Gasteiger partial charge in [0.25, 0.3) is 0 Å². The molecule has 1 N–H and O–H groups in total. The summed E-state index contributed by atoms with van der Waals surface area (Å²) in [6.07, 6.45) is 2.67. The quantitative estimate of drug-likeness (QED) is 0.728. The summed E-state index contributed by atoms with van der Waals surface area (Å²) in [5, 5.41) is 9.74. The molecule has 1 unspecified atom stereocenters. The van der Waals surface area contributed by atoms with Gasteiger partial charge in [0, 0.05) is 18.0 Å². The number of nitrogens with zero attached hydrogens (tertiary/aromatic N) is 1. The van der Waals surface area contributed by atoms with Gasteiger partial charge in [0.15, 0.2) is 0 Å². The molecule has 14 heavy (non-hydrogen) atoms. The Morgan fingerprint density at radius 3 is 2.50 bits per heavy atom. The van der Waals surface area contributed by atoms with Crippen molar-refractivity contribution in [3.63, 3.8) is 0 Å². The lowest BCUT2D eigenvalue weighted by molar-refractivity contribution is -0.122. The number of aliphatic hydroxyl groups excluding tert-OH is 1. The zero-order chi connectivity index (χ0) is 10.3. The Balaban J connectivity index is 1.94. The second-order valence-electron chi connectivity index (χ2n) is 5.12. The zero-order valence-electron chi connectivity index (χ0n) is 8.99. The zero-order valence-corrected chi connectivity index (χ0v) is 8.99. The molecule has 0 spiro atoms. The topological polar surface area (TPSA) is 40.5 Å². The van der Waals surface area contributed by atoms with E-state index in [9.17, 15) is 9.90 Å². The highest BCUT2D eigenvalue weighted by Gasteiger charge is 2.42. The average Bonchev–Trinajstić information content (AvgIpc) is 2.89. The van der Waals surface area contributed by atoms with Crippen LogP contribution in [0.25, 0.3) is 0 Å². The first-order valence-corrected chi connectivity index (χ1v) is 5.47. The number of ketones is 1. The second-order valence-corrected chi connectivity index (χ2v) is 5.12. The Morgan fingerprint density at radius 2 is 2.07 bits per heavy atom. The monoisotopic (exact) mass is 197 g/mol. The van der Waals surface area contributed by atoms with Crippen LogP contribution in [0.4, 0.5) is 0 Å². The molecule has 2 fully saturated rings. The normalized spacial score (nSPS) is 32.1. The van der Waals surface area contributed by atoms with Gasteiger partial charge in [-0.05, 0) is 33.1 Å². The van der Waals surface area contributed by atoms with Crippen LogP contribution in [0.2, 0.25) is 0 Å². The van der Waals surface area contributed by atoms with E-state index in [1.807, 2.05) is 13.8 Å². The van der Waals surface area contributed by atoms with E-state index >= 15 is 0 Å². The molecule has 0 aromatic rings. The minimum absolute atomic E-state index is 0.218. The molecule has 80 valence electrons. The number of hydrogen-bond donors (Lipinski definition) is 1. The molecule has 3 nitrogen and oxygen atoms in total. The largest absolute Gasteiger partial charge is 0.391 e. The number of carbonyl (C=O) groups excluding carboxylic acids is 1. The van der Waals surface area contributed by atoms with Crippen molar-refractivity contribution in [2.24, 2.45) is 5.92 Å². The minimum Gasteiger partial charge on any atom is -0.391 e. The minimum atomic E-state index is -0.283. The number of likely N-dealkylation sites (tertiary alicyclic amines) is 1. The summed E-state index contributed by atoms with van der Waals surface area (Å²) in [4.78, 5) is 13.8. The molecule has 3 heteroatoms. The molecule has 0 amide bonds. The van der Waals surface area contributed by atoms with Gasteiger partial charge in [0.1, 0.15) is 5.78 Å². The third kappa shape index (κ3) is 1.71. The Bertz CT molecular complexity index is 246. The van der Waals surface area contributed by atoms with Crippen molar-refractivity contribution >= 4 is 5.78 Å². The molecule has 0 bridgehead atoms. The summed E-state index contributed by atoms with van der Waals surface area (Å²) in [6, 6.07) is 0. The lowest BCUT2D eigenvalue weighted by Crippen LogP contribution is -2.47. The number of Topliss-reactive ketones (excluding diaryl/α,β-unsaturated/α-hetero) is 1. The van der Waals surface area contributed by atoms with E-state index in [4.69, 9.17) is 0 Å². The molecule has 0 aromatic carbocycles. The lowest BCUT2D eigenvalue weighted by Gasteiger charge is -2.33. The van der Waals surface area contributed by atoms with E-state index < -0.39 is 0 Å². The van der Waals surface area contributed by atoms with Crippen LogP contribution in [-0.2, 0) is 4.79 Å². The van der Waals surface area contributed by atoms with Gasteiger partial charge in [-0.15, -0.1) is 0 Å². The molecule has 1 saturated carbocycles. The summed E-state index contributed by atoms with van der Waals surface area (Å²) in [6.45, 7) is 5.43. The van der Waals surface area contributed by atoms with Crippen LogP contribution < -0.4 is 0 Å². The van der Waals surface area contributed by atoms with E-state index in [2.05, 4.69) is 4.90 Å². The molecule has 2 rings (SSSR count). The Labute approximate surface area is 85.1 Å². The third-order valence-corrected chi connectivity index (χ3v) is 3.68. The van der Waals surface area contributed by atoms with Gasteiger partial charge in [-0.2, -0.15) is 0 Å². The van der Waals surface area contributed by atoms with Gasteiger partial charge >= 0.3 is 0 Å². The molecule has 1 aliphatic heterocycles. The average molecular weight is 197 g/mol. The van der Waals surface area contributed by atoms with Crippen LogP contribution >= 0.6 is 0 Å². The number of aliphatic hydroxyl groups is 1. The van der Waals surface area contributed by atoms with Crippen LogP contribution in [-0.4, -0.2) is 40.5 Å². The first-order valence-electron chi connectivity index (χ1n) is 5.47. The highest BCUT2D eigenvalue weighted by atomic mass is 16.3. The second kappa shape index (κ2) is 3.31. The van der Waals surface area contributed by atoms with Crippen molar-refractivity contribution < 1.29 is 9.90 Å². The standard InChI is InChI=1S/C11H19NO2/c1-11(2)10(14)5-6-12(11)7-9(13)8-3-4-8/h8,10,14H,3-7H2,1-2H3. The van der Waals surface area contributed by atoms with Gasteiger partial charge in [0.05, 0.1) is 12.6 Å². The van der Waals surface area contributed by atoms with E-state index in [-0.39, 0.29) is 11.6 Å². The predicted molar refractivity (Wildman–Crippen MR) is 54.0 cm³/mol. The van der Waals surface area contributed by atoms with Crippen molar-refractivity contribution in [1.82, 2.24) is 4.90 Å². The maximum atomic E-state index is 11.6. The highest BCUT2D eigenvalue weighted by Crippen LogP contribution is 2.33. The summed E-state index contributed by atoms with van der Waals surface area (Å²) < 4.78 is 0. The van der Waals surface area contributed by atoms with E-state index in [0.717, 1.165) is 25.8 Å². The van der Waals surface area contributed by atoms with Crippen LogP contribution in [0.3, 0.4) is 0 Å². The number of rotatable bonds is 3. The first-order chi connectivity index (χ1) is 6.51. The van der Waals surface area contributed by atoms with Gasteiger partial charge < -0.3 is 5.11 Å². The van der Waals surface area contributed by atoms with Crippen molar-refractivity contribution in [2.75, 3.05) is 13.1 Å². The van der Waals surface area contributed by atoms with E-state index in [1.54, 1.807) is 0 Å². The fourth-order valence-corrected chi connectivity index (χ4v) is 2.14. The summed E-state index contributed by atoms with van der Waals surface area (Å²) in [5.41, 5.74) is -0.218. The summed E-state index contributed by atoms with van der Waals surface area (Å²) >= 11 is 0. The molecular weight excluding hydrogens is 178 g/mol. The van der Waals surface area contributed by atoms with Crippen molar-refractivity contribution in [2.45, 2.75) is 44.8 Å². The predicted octanol–water partition coefficient (Wildman–Crippen LogP) is 0.811.